The maximum absolute atomic E-state index is 13.3. The van der Waals surface area contributed by atoms with E-state index in [1.807, 2.05) is 13.0 Å². The molecule has 0 amide bonds. The minimum Gasteiger partial charge on any atom is -0.497 e. The van der Waals surface area contributed by atoms with E-state index in [1.165, 1.54) is 21.3 Å². The molecular formula is C27H28F3N3O4. The average Bonchev–Trinajstić information content (AvgIpc) is 2.88. The van der Waals surface area contributed by atoms with Crippen LogP contribution in [0.4, 0.5) is 19.0 Å². The summed E-state index contributed by atoms with van der Waals surface area (Å²) in [6.45, 7) is 0.749. The molecule has 0 bridgehead atoms. The van der Waals surface area contributed by atoms with Crippen molar-refractivity contribution in [2.75, 3.05) is 33.2 Å². The number of aromatic amines is 1. The predicted molar refractivity (Wildman–Crippen MR) is 137 cm³/mol. The highest BCUT2D eigenvalue weighted by molar-refractivity contribution is 5.91. The minimum absolute atomic E-state index is 0.0358. The number of hydrogen-bond donors (Lipinski definition) is 2. The SMILES string of the molecule is CCCc1[nH]c(=O)c(Cc2cc3cc(OC)ccc3nc2NCC(F)(F)F)c2cc(OC)c(OC)cc12. The average molecular weight is 516 g/mol. The Kier molecular flexibility index (Phi) is 7.47. The van der Waals surface area contributed by atoms with Crippen LogP contribution in [0.25, 0.3) is 21.7 Å². The van der Waals surface area contributed by atoms with E-state index in [-0.39, 0.29) is 17.8 Å². The Hall–Kier alpha value is -3.95. The standard InChI is InChI=1S/C27H28F3N3O4/c1-5-6-22-19-13-24(37-4)23(36-3)12-18(19)20(26(34)33-22)11-16-9-15-10-17(35-2)7-8-21(15)32-25(16)31-14-27(28,29)30/h7-10,12-13H,5-6,11,14H2,1-4H3,(H,31,32)(H,33,34). The molecule has 0 fully saturated rings. The van der Waals surface area contributed by atoms with E-state index in [4.69, 9.17) is 14.2 Å². The van der Waals surface area contributed by atoms with Crippen LogP contribution < -0.4 is 25.1 Å². The lowest BCUT2D eigenvalue weighted by Gasteiger charge is -2.17. The van der Waals surface area contributed by atoms with Crippen LogP contribution in [0.2, 0.25) is 0 Å². The topological polar surface area (TPSA) is 85.5 Å². The number of benzene rings is 2. The molecule has 2 N–H and O–H groups in total. The molecule has 0 spiro atoms. The number of aryl methyl sites for hydroxylation is 1. The molecule has 0 unspecified atom stereocenters. The van der Waals surface area contributed by atoms with E-state index in [1.54, 1.807) is 30.3 Å². The van der Waals surface area contributed by atoms with E-state index < -0.39 is 12.7 Å². The Morgan fingerprint density at radius 2 is 1.68 bits per heavy atom. The molecule has 2 heterocycles. The first-order valence-electron chi connectivity index (χ1n) is 11.8. The first-order chi connectivity index (χ1) is 17.7. The van der Waals surface area contributed by atoms with Gasteiger partial charge in [-0.05, 0) is 53.8 Å². The number of nitrogens with one attached hydrogen (secondary N) is 2. The number of fused-ring (bicyclic) bond motifs is 2. The summed E-state index contributed by atoms with van der Waals surface area (Å²) in [5.74, 6) is 1.60. The molecular weight excluding hydrogens is 487 g/mol. The van der Waals surface area contributed by atoms with E-state index in [0.717, 1.165) is 17.5 Å². The molecule has 0 atom stereocenters. The van der Waals surface area contributed by atoms with Crippen LogP contribution in [-0.4, -0.2) is 44.0 Å². The third-order valence-corrected chi connectivity index (χ3v) is 6.14. The molecule has 0 radical (unpaired) electrons. The lowest BCUT2D eigenvalue weighted by molar-refractivity contribution is -0.115. The summed E-state index contributed by atoms with van der Waals surface area (Å²) in [6, 6.07) is 10.4. The number of rotatable bonds is 9. The number of aromatic nitrogens is 2. The second-order valence-corrected chi connectivity index (χ2v) is 8.61. The highest BCUT2D eigenvalue weighted by Crippen LogP contribution is 2.35. The predicted octanol–water partition coefficient (Wildman–Crippen LogP) is 5.62. The zero-order valence-corrected chi connectivity index (χ0v) is 21.0. The van der Waals surface area contributed by atoms with Gasteiger partial charge in [0, 0.05) is 28.5 Å². The molecule has 37 heavy (non-hydrogen) atoms. The fourth-order valence-electron chi connectivity index (χ4n) is 4.39. The van der Waals surface area contributed by atoms with Gasteiger partial charge in [0.05, 0.1) is 26.8 Å². The highest BCUT2D eigenvalue weighted by Gasteiger charge is 2.27. The number of pyridine rings is 2. The Balaban J connectivity index is 1.93. The van der Waals surface area contributed by atoms with E-state index in [0.29, 0.717) is 51.1 Å². The lowest BCUT2D eigenvalue weighted by atomic mass is 9.96. The molecule has 0 saturated carbocycles. The Labute approximate surface area is 211 Å². The number of anilines is 1. The maximum Gasteiger partial charge on any atom is 0.405 e. The van der Waals surface area contributed by atoms with Crippen molar-refractivity contribution < 1.29 is 27.4 Å². The van der Waals surface area contributed by atoms with Crippen LogP contribution in [0.5, 0.6) is 17.2 Å². The van der Waals surface area contributed by atoms with Gasteiger partial charge in [0.1, 0.15) is 18.1 Å². The quantitative estimate of drug-likeness (QED) is 0.301. The van der Waals surface area contributed by atoms with Gasteiger partial charge >= 0.3 is 6.18 Å². The minimum atomic E-state index is -4.44. The van der Waals surface area contributed by atoms with Crippen molar-refractivity contribution in [1.29, 1.82) is 0 Å². The Morgan fingerprint density at radius 3 is 2.30 bits per heavy atom. The first kappa shape index (κ1) is 26.1. The van der Waals surface area contributed by atoms with Crippen LogP contribution in [0, 0.1) is 0 Å². The number of ether oxygens (including phenoxy) is 3. The molecule has 4 rings (SSSR count). The van der Waals surface area contributed by atoms with Gasteiger partial charge in [-0.1, -0.05) is 13.3 Å². The third-order valence-electron chi connectivity index (χ3n) is 6.14. The molecule has 7 nitrogen and oxygen atoms in total. The zero-order chi connectivity index (χ0) is 26.7. The molecule has 10 heteroatoms. The van der Waals surface area contributed by atoms with Crippen molar-refractivity contribution >= 4 is 27.5 Å². The summed E-state index contributed by atoms with van der Waals surface area (Å²) < 4.78 is 55.4. The first-order valence-corrected chi connectivity index (χ1v) is 11.8. The normalized spacial score (nSPS) is 11.6. The monoisotopic (exact) mass is 515 g/mol. The third kappa shape index (κ3) is 5.58. The fraction of sp³-hybridized carbons (Fsp3) is 0.333. The Morgan fingerprint density at radius 1 is 0.973 bits per heavy atom. The number of H-pyrrole nitrogens is 1. The molecule has 4 aromatic rings. The fourth-order valence-corrected chi connectivity index (χ4v) is 4.39. The van der Waals surface area contributed by atoms with Gasteiger partial charge in [0.15, 0.2) is 11.5 Å². The summed E-state index contributed by atoms with van der Waals surface area (Å²) in [5.41, 5.74) is 1.75. The smallest absolute Gasteiger partial charge is 0.405 e. The van der Waals surface area contributed by atoms with Crippen LogP contribution in [0.3, 0.4) is 0 Å². The number of nitrogens with zero attached hydrogens (tertiary/aromatic N) is 1. The van der Waals surface area contributed by atoms with Gasteiger partial charge in [0.2, 0.25) is 0 Å². The van der Waals surface area contributed by atoms with Crippen molar-refractivity contribution in [2.45, 2.75) is 32.4 Å². The second kappa shape index (κ2) is 10.6. The number of halogens is 3. The van der Waals surface area contributed by atoms with Crippen molar-refractivity contribution in [1.82, 2.24) is 9.97 Å². The maximum atomic E-state index is 13.3. The van der Waals surface area contributed by atoms with Gasteiger partial charge in [-0.25, -0.2) is 4.98 Å². The molecule has 0 aliphatic carbocycles. The second-order valence-electron chi connectivity index (χ2n) is 8.61. The lowest BCUT2D eigenvalue weighted by Crippen LogP contribution is -2.23. The molecule has 2 aromatic heterocycles. The largest absolute Gasteiger partial charge is 0.497 e. The summed E-state index contributed by atoms with van der Waals surface area (Å²) in [4.78, 5) is 20.7. The summed E-state index contributed by atoms with van der Waals surface area (Å²) in [6.07, 6.45) is -2.96. The zero-order valence-electron chi connectivity index (χ0n) is 21.0. The van der Waals surface area contributed by atoms with Crippen LogP contribution in [-0.2, 0) is 12.8 Å². The molecule has 0 saturated heterocycles. The summed E-state index contributed by atoms with van der Waals surface area (Å²) in [7, 11) is 4.56. The molecule has 2 aromatic carbocycles. The van der Waals surface area contributed by atoms with E-state index >= 15 is 0 Å². The van der Waals surface area contributed by atoms with Gasteiger partial charge in [-0.3, -0.25) is 4.79 Å². The van der Waals surface area contributed by atoms with Gasteiger partial charge < -0.3 is 24.5 Å². The highest BCUT2D eigenvalue weighted by atomic mass is 19.4. The van der Waals surface area contributed by atoms with Crippen molar-refractivity contribution in [2.24, 2.45) is 0 Å². The van der Waals surface area contributed by atoms with Crippen molar-refractivity contribution in [3.8, 4) is 17.2 Å². The van der Waals surface area contributed by atoms with Crippen LogP contribution >= 0.6 is 0 Å². The molecule has 196 valence electrons. The van der Waals surface area contributed by atoms with Gasteiger partial charge in [0.25, 0.3) is 5.56 Å². The number of methoxy groups -OCH3 is 3. The number of alkyl halides is 3. The Bertz CT molecular complexity index is 1500. The van der Waals surface area contributed by atoms with Gasteiger partial charge in [-0.15, -0.1) is 0 Å². The molecule has 0 aliphatic heterocycles. The number of hydrogen-bond acceptors (Lipinski definition) is 6. The molecule has 0 aliphatic rings. The van der Waals surface area contributed by atoms with Gasteiger partial charge in [-0.2, -0.15) is 13.2 Å². The summed E-state index contributed by atoms with van der Waals surface area (Å²) >= 11 is 0. The van der Waals surface area contributed by atoms with Crippen LogP contribution in [0.1, 0.15) is 30.2 Å². The van der Waals surface area contributed by atoms with E-state index in [2.05, 4.69) is 15.3 Å². The van der Waals surface area contributed by atoms with Crippen molar-refractivity contribution in [3.63, 3.8) is 0 Å². The van der Waals surface area contributed by atoms with Crippen LogP contribution in [0.15, 0.2) is 41.2 Å². The van der Waals surface area contributed by atoms with E-state index in [9.17, 15) is 18.0 Å². The van der Waals surface area contributed by atoms with Crippen molar-refractivity contribution in [3.05, 3.63) is 63.6 Å². The summed E-state index contributed by atoms with van der Waals surface area (Å²) in [5, 5.41) is 4.51.